The van der Waals surface area contributed by atoms with Crippen molar-refractivity contribution in [3.8, 4) is 0 Å². The van der Waals surface area contributed by atoms with E-state index in [4.69, 9.17) is 4.74 Å². The third kappa shape index (κ3) is 3.45. The summed E-state index contributed by atoms with van der Waals surface area (Å²) in [5, 5.41) is 0. The van der Waals surface area contributed by atoms with Crippen molar-refractivity contribution in [2.45, 2.75) is 12.6 Å². The lowest BCUT2D eigenvalue weighted by atomic mass is 10.1. The molecule has 2 aromatic carbocycles. The quantitative estimate of drug-likeness (QED) is 0.781. The number of hydrogen-bond acceptors (Lipinski definition) is 3. The van der Waals surface area contributed by atoms with Crippen molar-refractivity contribution in [3.05, 3.63) is 71.8 Å². The highest BCUT2D eigenvalue weighted by atomic mass is 16.5. The van der Waals surface area contributed by atoms with Crippen molar-refractivity contribution < 1.29 is 9.53 Å². The molecule has 0 aromatic heterocycles. The number of rotatable bonds is 5. The molecule has 0 aliphatic carbocycles. The Hall–Kier alpha value is -2.13. The zero-order chi connectivity index (χ0) is 14.4. The predicted octanol–water partition coefficient (Wildman–Crippen LogP) is 3.03. The monoisotopic (exact) mass is 269 g/mol. The van der Waals surface area contributed by atoms with E-state index in [0.29, 0.717) is 6.54 Å². The SMILES string of the molecule is COC(=O)C(c1ccccc1)N(C)Cc1ccccc1. The number of nitrogens with zero attached hydrogens (tertiary/aromatic N) is 1. The fourth-order valence-corrected chi connectivity index (χ4v) is 2.28. The van der Waals surface area contributed by atoms with Crippen molar-refractivity contribution >= 4 is 5.97 Å². The van der Waals surface area contributed by atoms with Crippen molar-refractivity contribution in [3.63, 3.8) is 0 Å². The fraction of sp³-hybridized carbons (Fsp3) is 0.235. The molecule has 2 aromatic rings. The summed E-state index contributed by atoms with van der Waals surface area (Å²) < 4.78 is 4.95. The number of esters is 1. The zero-order valence-electron chi connectivity index (χ0n) is 11.8. The minimum Gasteiger partial charge on any atom is -0.468 e. The molecule has 2 rings (SSSR count). The molecule has 0 aliphatic rings. The van der Waals surface area contributed by atoms with Crippen molar-refractivity contribution in [1.82, 2.24) is 4.90 Å². The van der Waals surface area contributed by atoms with Crippen LogP contribution in [0.5, 0.6) is 0 Å². The second-order valence-corrected chi connectivity index (χ2v) is 4.74. The number of carbonyl (C=O) groups is 1. The van der Waals surface area contributed by atoms with Crippen LogP contribution >= 0.6 is 0 Å². The van der Waals surface area contributed by atoms with Gasteiger partial charge in [-0.05, 0) is 18.2 Å². The molecule has 3 nitrogen and oxygen atoms in total. The highest BCUT2D eigenvalue weighted by molar-refractivity contribution is 5.77. The maximum absolute atomic E-state index is 12.1. The molecule has 0 saturated carbocycles. The van der Waals surface area contributed by atoms with Crippen LogP contribution in [0.2, 0.25) is 0 Å². The Labute approximate surface area is 119 Å². The summed E-state index contributed by atoms with van der Waals surface area (Å²) >= 11 is 0. The average Bonchev–Trinajstić information content (AvgIpc) is 2.49. The fourth-order valence-electron chi connectivity index (χ4n) is 2.28. The first-order valence-electron chi connectivity index (χ1n) is 6.59. The lowest BCUT2D eigenvalue weighted by molar-refractivity contribution is -0.147. The van der Waals surface area contributed by atoms with Crippen LogP contribution in [-0.2, 0) is 16.1 Å². The number of benzene rings is 2. The van der Waals surface area contributed by atoms with E-state index in [2.05, 4.69) is 12.1 Å². The number of likely N-dealkylation sites (N-methyl/N-ethyl adjacent to an activating group) is 1. The third-order valence-corrected chi connectivity index (χ3v) is 3.26. The highest BCUT2D eigenvalue weighted by Gasteiger charge is 2.25. The van der Waals surface area contributed by atoms with Crippen LogP contribution in [0, 0.1) is 0 Å². The molecule has 0 spiro atoms. The van der Waals surface area contributed by atoms with E-state index in [1.807, 2.05) is 60.5 Å². The molecule has 0 heterocycles. The summed E-state index contributed by atoms with van der Waals surface area (Å²) in [6, 6.07) is 19.4. The van der Waals surface area contributed by atoms with Gasteiger partial charge in [0.2, 0.25) is 0 Å². The topological polar surface area (TPSA) is 29.5 Å². The van der Waals surface area contributed by atoms with Gasteiger partial charge in [0.25, 0.3) is 0 Å². The average molecular weight is 269 g/mol. The minimum absolute atomic E-state index is 0.241. The Balaban J connectivity index is 2.21. The lowest BCUT2D eigenvalue weighted by Crippen LogP contribution is -2.31. The number of methoxy groups -OCH3 is 1. The molecule has 0 radical (unpaired) electrons. The maximum Gasteiger partial charge on any atom is 0.327 e. The van der Waals surface area contributed by atoms with Crippen LogP contribution < -0.4 is 0 Å². The largest absolute Gasteiger partial charge is 0.468 e. The Morgan fingerprint density at radius 2 is 1.60 bits per heavy atom. The van der Waals surface area contributed by atoms with Crippen LogP contribution in [0.15, 0.2) is 60.7 Å². The van der Waals surface area contributed by atoms with E-state index in [9.17, 15) is 4.79 Å². The Morgan fingerprint density at radius 1 is 1.05 bits per heavy atom. The lowest BCUT2D eigenvalue weighted by Gasteiger charge is -2.26. The van der Waals surface area contributed by atoms with Gasteiger partial charge in [-0.3, -0.25) is 4.90 Å². The third-order valence-electron chi connectivity index (χ3n) is 3.26. The van der Waals surface area contributed by atoms with Gasteiger partial charge in [0.05, 0.1) is 7.11 Å². The van der Waals surface area contributed by atoms with Crippen LogP contribution in [0.3, 0.4) is 0 Å². The number of ether oxygens (including phenoxy) is 1. The van der Waals surface area contributed by atoms with E-state index < -0.39 is 0 Å². The molecule has 1 unspecified atom stereocenters. The summed E-state index contributed by atoms with van der Waals surface area (Å²) in [4.78, 5) is 14.1. The van der Waals surface area contributed by atoms with Gasteiger partial charge in [0, 0.05) is 6.54 Å². The molecule has 1 atom stereocenters. The van der Waals surface area contributed by atoms with Gasteiger partial charge in [-0.25, -0.2) is 4.79 Å². The standard InChI is InChI=1S/C17H19NO2/c1-18(13-14-9-5-3-6-10-14)16(17(19)20-2)15-11-7-4-8-12-15/h3-12,16H,13H2,1-2H3. The van der Waals surface area contributed by atoms with Crippen LogP contribution in [0.4, 0.5) is 0 Å². The van der Waals surface area contributed by atoms with E-state index in [1.54, 1.807) is 0 Å². The van der Waals surface area contributed by atoms with Gasteiger partial charge in [-0.1, -0.05) is 60.7 Å². The van der Waals surface area contributed by atoms with Crippen molar-refractivity contribution in [2.24, 2.45) is 0 Å². The molecule has 0 amide bonds. The first-order valence-corrected chi connectivity index (χ1v) is 6.59. The second kappa shape index (κ2) is 6.87. The summed E-state index contributed by atoms with van der Waals surface area (Å²) in [7, 11) is 3.36. The first-order chi connectivity index (χ1) is 9.72. The Morgan fingerprint density at radius 3 is 2.15 bits per heavy atom. The van der Waals surface area contributed by atoms with E-state index >= 15 is 0 Å². The molecule has 0 saturated heterocycles. The predicted molar refractivity (Wildman–Crippen MR) is 79.1 cm³/mol. The molecular weight excluding hydrogens is 250 g/mol. The summed E-state index contributed by atoms with van der Waals surface area (Å²) in [6.45, 7) is 0.690. The van der Waals surface area contributed by atoms with Crippen LogP contribution in [0.25, 0.3) is 0 Å². The molecule has 0 bridgehead atoms. The van der Waals surface area contributed by atoms with Gasteiger partial charge in [0.1, 0.15) is 6.04 Å². The molecule has 20 heavy (non-hydrogen) atoms. The normalized spacial score (nSPS) is 12.2. The molecule has 3 heteroatoms. The van der Waals surface area contributed by atoms with E-state index in [0.717, 1.165) is 5.56 Å². The van der Waals surface area contributed by atoms with Crippen LogP contribution in [0.1, 0.15) is 17.2 Å². The summed E-state index contributed by atoms with van der Waals surface area (Å²) in [5.74, 6) is -0.241. The number of carbonyl (C=O) groups excluding carboxylic acids is 1. The highest BCUT2D eigenvalue weighted by Crippen LogP contribution is 2.22. The van der Waals surface area contributed by atoms with Crippen molar-refractivity contribution in [2.75, 3.05) is 14.2 Å². The molecule has 0 aliphatic heterocycles. The molecule has 0 fully saturated rings. The molecular formula is C17H19NO2. The van der Waals surface area contributed by atoms with Gasteiger partial charge in [0.15, 0.2) is 0 Å². The zero-order valence-corrected chi connectivity index (χ0v) is 11.8. The van der Waals surface area contributed by atoms with E-state index in [1.165, 1.54) is 12.7 Å². The van der Waals surface area contributed by atoms with Gasteiger partial charge in [-0.2, -0.15) is 0 Å². The van der Waals surface area contributed by atoms with Crippen molar-refractivity contribution in [1.29, 1.82) is 0 Å². The van der Waals surface area contributed by atoms with Gasteiger partial charge >= 0.3 is 5.97 Å². The maximum atomic E-state index is 12.1. The van der Waals surface area contributed by atoms with E-state index in [-0.39, 0.29) is 12.0 Å². The smallest absolute Gasteiger partial charge is 0.327 e. The summed E-state index contributed by atoms with van der Waals surface area (Å²) in [5.41, 5.74) is 2.11. The Kier molecular flexibility index (Phi) is 4.91. The minimum atomic E-state index is -0.388. The number of hydrogen-bond donors (Lipinski definition) is 0. The first kappa shape index (κ1) is 14.3. The Bertz CT molecular complexity index is 539. The molecule has 0 N–H and O–H groups in total. The van der Waals surface area contributed by atoms with Gasteiger partial charge < -0.3 is 4.74 Å². The molecule has 104 valence electrons. The summed E-state index contributed by atoms with van der Waals surface area (Å²) in [6.07, 6.45) is 0. The van der Waals surface area contributed by atoms with Gasteiger partial charge in [-0.15, -0.1) is 0 Å². The van der Waals surface area contributed by atoms with Crippen LogP contribution in [-0.4, -0.2) is 25.0 Å². The second-order valence-electron chi connectivity index (χ2n) is 4.74.